The SMILES string of the molecule is COC(=O)c1cccc(N)c1NCc1cn(C)nc1C. The molecule has 0 aliphatic rings. The Bertz CT molecular complexity index is 634. The highest BCUT2D eigenvalue weighted by molar-refractivity contribution is 5.98. The van der Waals surface area contributed by atoms with E-state index in [1.807, 2.05) is 20.2 Å². The van der Waals surface area contributed by atoms with Crippen molar-refractivity contribution in [3.63, 3.8) is 0 Å². The molecule has 2 aromatic rings. The molecular formula is C14H18N4O2. The quantitative estimate of drug-likeness (QED) is 0.655. The van der Waals surface area contributed by atoms with Crippen LogP contribution in [0.1, 0.15) is 21.6 Å². The lowest BCUT2D eigenvalue weighted by atomic mass is 10.1. The summed E-state index contributed by atoms with van der Waals surface area (Å²) in [4.78, 5) is 11.7. The van der Waals surface area contributed by atoms with Crippen molar-refractivity contribution in [1.29, 1.82) is 0 Å². The van der Waals surface area contributed by atoms with Gasteiger partial charge >= 0.3 is 5.97 Å². The summed E-state index contributed by atoms with van der Waals surface area (Å²) < 4.78 is 6.51. The molecule has 0 saturated carbocycles. The van der Waals surface area contributed by atoms with Crippen molar-refractivity contribution in [1.82, 2.24) is 9.78 Å². The van der Waals surface area contributed by atoms with E-state index >= 15 is 0 Å². The van der Waals surface area contributed by atoms with Crippen molar-refractivity contribution < 1.29 is 9.53 Å². The van der Waals surface area contributed by atoms with Gasteiger partial charge in [-0.3, -0.25) is 4.68 Å². The normalized spacial score (nSPS) is 10.3. The fourth-order valence-electron chi connectivity index (χ4n) is 2.05. The van der Waals surface area contributed by atoms with E-state index in [2.05, 4.69) is 10.4 Å². The number of methoxy groups -OCH3 is 1. The van der Waals surface area contributed by atoms with Crippen LogP contribution in [0.3, 0.4) is 0 Å². The topological polar surface area (TPSA) is 82.2 Å². The minimum atomic E-state index is -0.414. The molecule has 20 heavy (non-hydrogen) atoms. The molecule has 0 bridgehead atoms. The van der Waals surface area contributed by atoms with Gasteiger partial charge in [-0.1, -0.05) is 6.07 Å². The van der Waals surface area contributed by atoms with Gasteiger partial charge in [0, 0.05) is 25.4 Å². The first kappa shape index (κ1) is 13.9. The fraction of sp³-hybridized carbons (Fsp3) is 0.286. The third kappa shape index (κ3) is 2.74. The second-order valence-corrected chi connectivity index (χ2v) is 4.53. The Morgan fingerprint density at radius 3 is 2.85 bits per heavy atom. The highest BCUT2D eigenvalue weighted by atomic mass is 16.5. The number of aromatic nitrogens is 2. The molecule has 6 heteroatoms. The van der Waals surface area contributed by atoms with Crippen LogP contribution in [0.15, 0.2) is 24.4 Å². The molecule has 2 rings (SSSR count). The lowest BCUT2D eigenvalue weighted by Crippen LogP contribution is -2.10. The van der Waals surface area contributed by atoms with E-state index < -0.39 is 5.97 Å². The summed E-state index contributed by atoms with van der Waals surface area (Å²) in [6.07, 6.45) is 1.93. The average Bonchev–Trinajstić information content (AvgIpc) is 2.74. The van der Waals surface area contributed by atoms with E-state index in [4.69, 9.17) is 10.5 Å². The van der Waals surface area contributed by atoms with Crippen LogP contribution < -0.4 is 11.1 Å². The highest BCUT2D eigenvalue weighted by Gasteiger charge is 2.14. The molecular weight excluding hydrogens is 256 g/mol. The largest absolute Gasteiger partial charge is 0.465 e. The smallest absolute Gasteiger partial charge is 0.340 e. The fourth-order valence-corrected chi connectivity index (χ4v) is 2.05. The van der Waals surface area contributed by atoms with Crippen LogP contribution in [-0.4, -0.2) is 22.9 Å². The van der Waals surface area contributed by atoms with Crippen molar-refractivity contribution >= 4 is 17.3 Å². The van der Waals surface area contributed by atoms with Gasteiger partial charge in [0.05, 0.1) is 29.7 Å². The second kappa shape index (κ2) is 5.64. The van der Waals surface area contributed by atoms with Crippen molar-refractivity contribution in [2.24, 2.45) is 7.05 Å². The zero-order valence-electron chi connectivity index (χ0n) is 11.8. The molecule has 0 aliphatic heterocycles. The molecule has 106 valence electrons. The number of esters is 1. The number of carbonyl (C=O) groups is 1. The number of benzene rings is 1. The Balaban J connectivity index is 2.25. The van der Waals surface area contributed by atoms with Gasteiger partial charge in [0.2, 0.25) is 0 Å². The van der Waals surface area contributed by atoms with Gasteiger partial charge in [-0.25, -0.2) is 4.79 Å². The van der Waals surface area contributed by atoms with Crippen LogP contribution in [0.5, 0.6) is 0 Å². The third-order valence-corrected chi connectivity index (χ3v) is 3.07. The number of nitrogens with zero attached hydrogens (tertiary/aromatic N) is 2. The zero-order chi connectivity index (χ0) is 14.7. The number of hydrogen-bond acceptors (Lipinski definition) is 5. The van der Waals surface area contributed by atoms with Gasteiger partial charge in [0.25, 0.3) is 0 Å². The Morgan fingerprint density at radius 1 is 1.50 bits per heavy atom. The van der Waals surface area contributed by atoms with Gasteiger partial charge < -0.3 is 15.8 Å². The maximum Gasteiger partial charge on any atom is 0.340 e. The maximum absolute atomic E-state index is 11.7. The van der Waals surface area contributed by atoms with Gasteiger partial charge in [-0.15, -0.1) is 0 Å². The molecule has 6 nitrogen and oxygen atoms in total. The highest BCUT2D eigenvalue weighted by Crippen LogP contribution is 2.25. The van der Waals surface area contributed by atoms with Crippen LogP contribution in [-0.2, 0) is 18.3 Å². The predicted octanol–water partition coefficient (Wildman–Crippen LogP) is 1.71. The first-order valence-electron chi connectivity index (χ1n) is 6.22. The van der Waals surface area contributed by atoms with E-state index in [0.29, 0.717) is 23.5 Å². The monoisotopic (exact) mass is 274 g/mol. The zero-order valence-corrected chi connectivity index (χ0v) is 11.8. The van der Waals surface area contributed by atoms with Gasteiger partial charge in [0.15, 0.2) is 0 Å². The summed E-state index contributed by atoms with van der Waals surface area (Å²) in [5, 5.41) is 7.46. The van der Waals surface area contributed by atoms with Crippen LogP contribution in [0.4, 0.5) is 11.4 Å². The molecule has 0 radical (unpaired) electrons. The predicted molar refractivity (Wildman–Crippen MR) is 77.5 cm³/mol. The van der Waals surface area contributed by atoms with E-state index in [9.17, 15) is 4.79 Å². The molecule has 1 aromatic heterocycles. The maximum atomic E-state index is 11.7. The number of rotatable bonds is 4. The molecule has 0 atom stereocenters. The Labute approximate surface area is 117 Å². The molecule has 0 fully saturated rings. The number of para-hydroxylation sites is 1. The van der Waals surface area contributed by atoms with Gasteiger partial charge in [-0.2, -0.15) is 5.10 Å². The molecule has 0 amide bonds. The average molecular weight is 274 g/mol. The second-order valence-electron chi connectivity index (χ2n) is 4.53. The number of ether oxygens (including phenoxy) is 1. The first-order valence-corrected chi connectivity index (χ1v) is 6.22. The number of nitrogens with two attached hydrogens (primary N) is 1. The molecule has 3 N–H and O–H groups in total. The number of nitrogens with one attached hydrogen (secondary N) is 1. The molecule has 0 unspecified atom stereocenters. The molecule has 1 aromatic carbocycles. The van der Waals surface area contributed by atoms with Crippen molar-refractivity contribution in [3.8, 4) is 0 Å². The number of hydrogen-bond donors (Lipinski definition) is 2. The lowest BCUT2D eigenvalue weighted by molar-refractivity contribution is 0.0602. The van der Waals surface area contributed by atoms with Crippen LogP contribution in [0.2, 0.25) is 0 Å². The van der Waals surface area contributed by atoms with Crippen LogP contribution >= 0.6 is 0 Å². The third-order valence-electron chi connectivity index (χ3n) is 3.07. The lowest BCUT2D eigenvalue weighted by Gasteiger charge is -2.12. The van der Waals surface area contributed by atoms with Gasteiger partial charge in [0.1, 0.15) is 0 Å². The van der Waals surface area contributed by atoms with Crippen molar-refractivity contribution in [3.05, 3.63) is 41.2 Å². The minimum absolute atomic E-state index is 0.414. The molecule has 0 spiro atoms. The van der Waals surface area contributed by atoms with E-state index in [0.717, 1.165) is 11.3 Å². The summed E-state index contributed by atoms with van der Waals surface area (Å²) in [6.45, 7) is 2.48. The Morgan fingerprint density at radius 2 is 2.25 bits per heavy atom. The Kier molecular flexibility index (Phi) is 3.93. The summed E-state index contributed by atoms with van der Waals surface area (Å²) in [6, 6.07) is 5.15. The molecule has 1 heterocycles. The standard InChI is InChI=1S/C14H18N4O2/c1-9-10(8-18(2)17-9)7-16-13-11(14(19)20-3)5-4-6-12(13)15/h4-6,8,16H,7,15H2,1-3H3. The summed E-state index contributed by atoms with van der Waals surface area (Å²) in [5.41, 5.74) is 9.44. The summed E-state index contributed by atoms with van der Waals surface area (Å²) in [7, 11) is 3.22. The van der Waals surface area contributed by atoms with Crippen molar-refractivity contribution in [2.45, 2.75) is 13.5 Å². The molecule has 0 saturated heterocycles. The van der Waals surface area contributed by atoms with Crippen LogP contribution in [0.25, 0.3) is 0 Å². The first-order chi connectivity index (χ1) is 9.52. The minimum Gasteiger partial charge on any atom is -0.465 e. The van der Waals surface area contributed by atoms with E-state index in [-0.39, 0.29) is 0 Å². The van der Waals surface area contributed by atoms with Gasteiger partial charge in [-0.05, 0) is 19.1 Å². The number of anilines is 2. The van der Waals surface area contributed by atoms with Crippen LogP contribution in [0, 0.1) is 6.92 Å². The number of nitrogen functional groups attached to an aromatic ring is 1. The summed E-state index contributed by atoms with van der Waals surface area (Å²) >= 11 is 0. The van der Waals surface area contributed by atoms with E-state index in [1.54, 1.807) is 22.9 Å². The summed E-state index contributed by atoms with van der Waals surface area (Å²) in [5.74, 6) is -0.414. The Hall–Kier alpha value is -2.50. The van der Waals surface area contributed by atoms with Crippen molar-refractivity contribution in [2.75, 3.05) is 18.2 Å². The number of carbonyl (C=O) groups excluding carboxylic acids is 1. The number of aryl methyl sites for hydroxylation is 2. The van der Waals surface area contributed by atoms with E-state index in [1.165, 1.54) is 7.11 Å². The molecule has 0 aliphatic carbocycles.